The average Bonchev–Trinajstić information content (AvgIpc) is 3.07. The Kier molecular flexibility index (Phi) is 15.6. The molecule has 3 saturated carbocycles. The van der Waals surface area contributed by atoms with Gasteiger partial charge in [0.2, 0.25) is 0 Å². The summed E-state index contributed by atoms with van der Waals surface area (Å²) in [6, 6.07) is 1.43. The van der Waals surface area contributed by atoms with Gasteiger partial charge in [0.25, 0.3) is 0 Å². The normalized spacial score (nSPS) is 30.1. The van der Waals surface area contributed by atoms with Crippen molar-refractivity contribution in [3.05, 3.63) is 12.4 Å². The van der Waals surface area contributed by atoms with Crippen LogP contribution in [0, 0.1) is 31.1 Å². The number of halogens is 2. The molecule has 2 nitrogen and oxygen atoms in total. The molecule has 0 aromatic heterocycles. The van der Waals surface area contributed by atoms with Crippen LogP contribution in [-0.4, -0.2) is 26.0 Å². The van der Waals surface area contributed by atoms with Gasteiger partial charge in [0, 0.05) is 6.61 Å². The van der Waals surface area contributed by atoms with E-state index in [1.165, 1.54) is 83.1 Å². The molecule has 0 saturated heterocycles. The van der Waals surface area contributed by atoms with Crippen molar-refractivity contribution < 1.29 is 21.8 Å². The van der Waals surface area contributed by atoms with Crippen molar-refractivity contribution in [1.29, 1.82) is 0 Å². The summed E-state index contributed by atoms with van der Waals surface area (Å²) < 4.78 is 5.93. The van der Waals surface area contributed by atoms with Crippen LogP contribution in [0.5, 0.6) is 0 Å². The third-order valence-corrected chi connectivity index (χ3v) is 13.5. The number of nitrogens with zero attached hydrogens (tertiary/aromatic N) is 1. The van der Waals surface area contributed by atoms with E-state index in [1.807, 2.05) is 0 Å². The topological polar surface area (TPSA) is 23.3 Å². The number of rotatable bonds is 9. The summed E-state index contributed by atoms with van der Waals surface area (Å²) in [5.41, 5.74) is 1.11. The van der Waals surface area contributed by atoms with Gasteiger partial charge in [0.15, 0.2) is 0 Å². The quantitative estimate of drug-likeness (QED) is 0.151. The van der Waals surface area contributed by atoms with E-state index < -0.39 is 25.3 Å². The van der Waals surface area contributed by atoms with Gasteiger partial charge < -0.3 is 17.1 Å². The Labute approximate surface area is 237 Å². The fraction of sp³-hybridized carbons (Fsp3) is 0.966. The molecule has 6 heteroatoms. The van der Waals surface area contributed by atoms with Crippen LogP contribution in [0.15, 0.2) is 0 Å². The monoisotopic (exact) mass is 581 g/mol. The van der Waals surface area contributed by atoms with Crippen molar-refractivity contribution in [2.24, 2.45) is 23.7 Å². The first-order valence-electron chi connectivity index (χ1n) is 14.3. The standard InChI is InChI=1S/C28H54NOSi.CH3.2ClH.Ti/c1-27(2,3)29-31(7,21-15-9-8-14-20-30-28(4,5)6)26-24-18-12-10-16-22(24)23-17-11-13-19-25(23)26;;;;/h22-26H,8-21H2,1-7H3;1H3;2*1H;/q2*-1;;;+2/p-2. The van der Waals surface area contributed by atoms with E-state index in [0.717, 1.165) is 35.8 Å². The van der Waals surface area contributed by atoms with Crippen molar-refractivity contribution >= 4 is 26.8 Å². The molecule has 0 aromatic rings. The van der Waals surface area contributed by atoms with Crippen molar-refractivity contribution in [2.75, 3.05) is 6.61 Å². The minimum atomic E-state index is -1.67. The van der Waals surface area contributed by atoms with Gasteiger partial charge in [-0.2, -0.15) is 0 Å². The maximum absolute atomic E-state index is 5.93. The molecular weight excluding hydrogens is 525 g/mol. The molecule has 208 valence electrons. The molecule has 0 aliphatic heterocycles. The predicted octanol–water partition coefficient (Wildman–Crippen LogP) is 10.9. The molecule has 5 unspecified atom stereocenters. The Morgan fingerprint density at radius 3 is 1.63 bits per heavy atom. The maximum atomic E-state index is 5.93. The number of ether oxygens (including phenoxy) is 1. The van der Waals surface area contributed by atoms with Gasteiger partial charge in [-0.3, -0.25) is 0 Å². The summed E-state index contributed by atoms with van der Waals surface area (Å²) in [7, 11) is 8.10. The third kappa shape index (κ3) is 11.2. The third-order valence-electron chi connectivity index (χ3n) is 8.64. The summed E-state index contributed by atoms with van der Waals surface area (Å²) in [4.78, 5) is 5.79. The zero-order valence-corrected chi connectivity index (χ0v) is 28.5. The fourth-order valence-corrected chi connectivity index (χ4v) is 13.7. The number of hydrogen-bond acceptors (Lipinski definition) is 1. The van der Waals surface area contributed by atoms with Gasteiger partial charge in [-0.05, 0) is 63.7 Å². The van der Waals surface area contributed by atoms with E-state index in [2.05, 4.69) is 48.1 Å². The van der Waals surface area contributed by atoms with Crippen LogP contribution in [-0.2, 0) is 21.8 Å². The zero-order chi connectivity index (χ0) is 25.4. The van der Waals surface area contributed by atoms with Crippen LogP contribution in [0.25, 0.3) is 4.98 Å². The van der Waals surface area contributed by atoms with Gasteiger partial charge >= 0.3 is 35.6 Å². The van der Waals surface area contributed by atoms with E-state index in [4.69, 9.17) is 28.3 Å². The SMILES string of the molecule is CC(C)(C)[N-][Si](C)(CCCCCCOC(C)(C)C)C1C2CCCCC2C2CCCCC21.[CH3-].[Cl][Ti][Cl]. The van der Waals surface area contributed by atoms with E-state index in [1.54, 1.807) is 0 Å². The van der Waals surface area contributed by atoms with Gasteiger partial charge in [-0.25, -0.2) is 0 Å². The molecule has 0 aromatic carbocycles. The first-order chi connectivity index (χ1) is 15.9. The molecule has 3 fully saturated rings. The van der Waals surface area contributed by atoms with Crippen LogP contribution < -0.4 is 0 Å². The zero-order valence-electron chi connectivity index (χ0n) is 24.4. The minimum absolute atomic E-state index is 0. The number of fused-ring (bicyclic) bond motifs is 3. The molecule has 3 aliphatic carbocycles. The molecule has 0 spiro atoms. The molecule has 0 amide bonds. The first kappa shape index (κ1) is 34.5. The molecule has 3 aliphatic rings. The molecule has 0 N–H and O–H groups in total. The average molecular weight is 583 g/mol. The van der Waals surface area contributed by atoms with Gasteiger partial charge in [-0.15, -0.1) is 5.54 Å². The molecule has 35 heavy (non-hydrogen) atoms. The van der Waals surface area contributed by atoms with Gasteiger partial charge in [0.1, 0.15) is 0 Å². The van der Waals surface area contributed by atoms with Crippen LogP contribution in [0.1, 0.15) is 119 Å². The Morgan fingerprint density at radius 2 is 1.20 bits per heavy atom. The van der Waals surface area contributed by atoms with Crippen molar-refractivity contribution in [3.8, 4) is 0 Å². The van der Waals surface area contributed by atoms with E-state index in [-0.39, 0.29) is 18.6 Å². The second-order valence-electron chi connectivity index (χ2n) is 13.6. The van der Waals surface area contributed by atoms with Crippen LogP contribution >= 0.6 is 18.6 Å². The van der Waals surface area contributed by atoms with Crippen molar-refractivity contribution in [2.45, 2.75) is 148 Å². The molecule has 0 radical (unpaired) electrons. The van der Waals surface area contributed by atoms with Gasteiger partial charge in [-0.1, -0.05) is 105 Å². The summed E-state index contributed by atoms with van der Waals surface area (Å²) in [5.74, 6) is 4.15. The van der Waals surface area contributed by atoms with Crippen molar-refractivity contribution in [3.63, 3.8) is 0 Å². The predicted molar refractivity (Wildman–Crippen MR) is 156 cm³/mol. The molecular formula is C29H57Cl2NOSiTi-2. The number of unbranched alkanes of at least 4 members (excludes halogenated alkanes) is 3. The van der Waals surface area contributed by atoms with Gasteiger partial charge in [0.05, 0.1) is 5.60 Å². The number of hydrogen-bond donors (Lipinski definition) is 0. The van der Waals surface area contributed by atoms with Crippen LogP contribution in [0.2, 0.25) is 18.1 Å². The second-order valence-corrected chi connectivity index (χ2v) is 20.3. The summed E-state index contributed by atoms with van der Waals surface area (Å²) in [6.45, 7) is 17.2. The van der Waals surface area contributed by atoms with Crippen LogP contribution in [0.4, 0.5) is 0 Å². The fourth-order valence-electron chi connectivity index (χ4n) is 7.95. The van der Waals surface area contributed by atoms with Crippen LogP contribution in [0.3, 0.4) is 0 Å². The molecule has 3 rings (SSSR count). The Morgan fingerprint density at radius 1 is 0.771 bits per heavy atom. The Balaban J connectivity index is 0.00000145. The summed E-state index contributed by atoms with van der Waals surface area (Å²) in [6.07, 6.45) is 17.4. The Bertz CT molecular complexity index is 560. The van der Waals surface area contributed by atoms with E-state index >= 15 is 0 Å². The first-order valence-corrected chi connectivity index (χ1v) is 21.3. The summed E-state index contributed by atoms with van der Waals surface area (Å²) in [5, 5.41) is 0. The van der Waals surface area contributed by atoms with Crippen molar-refractivity contribution in [1.82, 2.24) is 0 Å². The van der Waals surface area contributed by atoms with E-state index in [9.17, 15) is 0 Å². The summed E-state index contributed by atoms with van der Waals surface area (Å²) >= 11 is -0.556. The molecule has 0 bridgehead atoms. The molecule has 0 heterocycles. The second kappa shape index (κ2) is 15.9. The Hall–Kier alpha value is 1.43. The molecule has 5 atom stereocenters. The van der Waals surface area contributed by atoms with E-state index in [0.29, 0.717) is 0 Å².